The summed E-state index contributed by atoms with van der Waals surface area (Å²) in [6, 6.07) is 6.71. The van der Waals surface area contributed by atoms with Gasteiger partial charge >= 0.3 is 0 Å². The van der Waals surface area contributed by atoms with Crippen LogP contribution in [0.2, 0.25) is 0 Å². The Labute approximate surface area is 114 Å². The summed E-state index contributed by atoms with van der Waals surface area (Å²) in [7, 11) is 2.26. The Morgan fingerprint density at radius 3 is 2.95 bits per heavy atom. The van der Waals surface area contributed by atoms with E-state index >= 15 is 0 Å². The number of fused-ring (bicyclic) bond motifs is 1. The fourth-order valence-electron chi connectivity index (χ4n) is 3.50. The van der Waals surface area contributed by atoms with Crippen LogP contribution in [0.1, 0.15) is 24.8 Å². The molecule has 0 radical (unpaired) electrons. The Balaban J connectivity index is 1.72. The Bertz CT molecular complexity index is 476. The summed E-state index contributed by atoms with van der Waals surface area (Å²) in [4.78, 5) is 9.32. The lowest BCUT2D eigenvalue weighted by molar-refractivity contribution is 0.102. The fraction of sp³-hybridized carbons (Fsp3) is 0.600. The lowest BCUT2D eigenvalue weighted by Gasteiger charge is -2.46. The predicted molar refractivity (Wildman–Crippen MR) is 74.9 cm³/mol. The van der Waals surface area contributed by atoms with Gasteiger partial charge in [0.25, 0.3) is 0 Å². The van der Waals surface area contributed by atoms with Gasteiger partial charge in [0.1, 0.15) is 11.9 Å². The van der Waals surface area contributed by atoms with E-state index in [0.717, 1.165) is 30.9 Å². The number of aromatic nitrogens is 1. The van der Waals surface area contributed by atoms with E-state index < -0.39 is 0 Å². The van der Waals surface area contributed by atoms with E-state index in [9.17, 15) is 0 Å². The summed E-state index contributed by atoms with van der Waals surface area (Å²) >= 11 is 0. The summed E-state index contributed by atoms with van der Waals surface area (Å²) in [6.45, 7) is 3.43. The summed E-state index contributed by atoms with van der Waals surface area (Å²) in [5, 5.41) is 8.81. The molecular weight excluding hydrogens is 236 g/mol. The molecule has 0 amide bonds. The van der Waals surface area contributed by atoms with Crippen LogP contribution in [0, 0.1) is 17.2 Å². The molecule has 2 unspecified atom stereocenters. The zero-order valence-electron chi connectivity index (χ0n) is 11.4. The molecular formula is C15H20N4. The van der Waals surface area contributed by atoms with Crippen LogP contribution in [0.3, 0.4) is 0 Å². The van der Waals surface area contributed by atoms with Crippen LogP contribution in [0.5, 0.6) is 0 Å². The van der Waals surface area contributed by atoms with Gasteiger partial charge in [-0.1, -0.05) is 0 Å². The molecule has 100 valence electrons. The molecule has 0 spiro atoms. The van der Waals surface area contributed by atoms with Gasteiger partial charge in [-0.3, -0.25) is 0 Å². The molecule has 2 saturated heterocycles. The number of hydrogen-bond acceptors (Lipinski definition) is 4. The Hall–Kier alpha value is -1.60. The van der Waals surface area contributed by atoms with E-state index in [4.69, 9.17) is 5.26 Å². The average Bonchev–Trinajstić information content (AvgIpc) is 2.47. The summed E-state index contributed by atoms with van der Waals surface area (Å²) in [5.74, 6) is 1.79. The van der Waals surface area contributed by atoms with E-state index in [1.54, 1.807) is 6.20 Å². The van der Waals surface area contributed by atoms with Gasteiger partial charge in [-0.05, 0) is 50.9 Å². The van der Waals surface area contributed by atoms with Crippen molar-refractivity contribution in [1.82, 2.24) is 9.88 Å². The van der Waals surface area contributed by atoms with E-state index in [1.165, 1.54) is 25.8 Å². The minimum atomic E-state index is 0.635. The molecule has 0 aliphatic carbocycles. The average molecular weight is 256 g/mol. The molecule has 19 heavy (non-hydrogen) atoms. The number of hydrogen-bond donors (Lipinski definition) is 0. The topological polar surface area (TPSA) is 43.2 Å². The summed E-state index contributed by atoms with van der Waals surface area (Å²) in [5.41, 5.74) is 0.635. The molecule has 0 saturated carbocycles. The van der Waals surface area contributed by atoms with Gasteiger partial charge in [0, 0.05) is 25.3 Å². The highest BCUT2D eigenvalue weighted by Gasteiger charge is 2.34. The molecule has 4 nitrogen and oxygen atoms in total. The summed E-state index contributed by atoms with van der Waals surface area (Å²) in [6.07, 6.45) is 5.55. The number of piperidine rings is 2. The predicted octanol–water partition coefficient (Wildman–Crippen LogP) is 1.87. The second-order valence-electron chi connectivity index (χ2n) is 5.70. The zero-order chi connectivity index (χ0) is 13.2. The van der Waals surface area contributed by atoms with Gasteiger partial charge in [-0.25, -0.2) is 4.98 Å². The highest BCUT2D eigenvalue weighted by Crippen LogP contribution is 2.31. The lowest BCUT2D eigenvalue weighted by atomic mass is 9.84. The third-order valence-corrected chi connectivity index (χ3v) is 4.55. The third kappa shape index (κ3) is 2.43. The standard InChI is InChI=1S/C15H20N4/c1-18-7-2-3-13-11-19(8-6-14(13)18)15-5-4-12(9-16)10-17-15/h4-5,10,13-14H,2-3,6-8,11H2,1H3. The van der Waals surface area contributed by atoms with Crippen molar-refractivity contribution in [2.24, 2.45) is 5.92 Å². The van der Waals surface area contributed by atoms with Crippen molar-refractivity contribution in [2.45, 2.75) is 25.3 Å². The van der Waals surface area contributed by atoms with Crippen LogP contribution in [-0.4, -0.2) is 42.6 Å². The maximum Gasteiger partial charge on any atom is 0.128 e. The van der Waals surface area contributed by atoms with Gasteiger partial charge < -0.3 is 9.80 Å². The third-order valence-electron chi connectivity index (χ3n) is 4.55. The van der Waals surface area contributed by atoms with Crippen LogP contribution in [-0.2, 0) is 0 Å². The van der Waals surface area contributed by atoms with Crippen molar-refractivity contribution in [2.75, 3.05) is 31.6 Å². The normalized spacial score (nSPS) is 27.7. The molecule has 0 bridgehead atoms. The molecule has 2 fully saturated rings. The molecule has 2 aliphatic rings. The van der Waals surface area contributed by atoms with E-state index in [1.807, 2.05) is 12.1 Å². The number of likely N-dealkylation sites (tertiary alicyclic amines) is 1. The molecule has 1 aromatic rings. The van der Waals surface area contributed by atoms with Gasteiger partial charge in [-0.15, -0.1) is 0 Å². The van der Waals surface area contributed by atoms with Crippen molar-refractivity contribution >= 4 is 5.82 Å². The van der Waals surface area contributed by atoms with Crippen LogP contribution < -0.4 is 4.90 Å². The maximum absolute atomic E-state index is 8.81. The van der Waals surface area contributed by atoms with Crippen molar-refractivity contribution < 1.29 is 0 Å². The molecule has 1 aromatic heterocycles. The monoisotopic (exact) mass is 256 g/mol. The van der Waals surface area contributed by atoms with E-state index in [-0.39, 0.29) is 0 Å². The fourth-order valence-corrected chi connectivity index (χ4v) is 3.50. The minimum Gasteiger partial charge on any atom is -0.356 e. The van der Waals surface area contributed by atoms with Crippen LogP contribution in [0.4, 0.5) is 5.82 Å². The molecule has 0 N–H and O–H groups in total. The Morgan fingerprint density at radius 1 is 1.32 bits per heavy atom. The zero-order valence-corrected chi connectivity index (χ0v) is 11.4. The summed E-state index contributed by atoms with van der Waals surface area (Å²) < 4.78 is 0. The van der Waals surface area contributed by atoms with Crippen LogP contribution in [0.25, 0.3) is 0 Å². The first-order chi connectivity index (χ1) is 9.28. The number of nitriles is 1. The number of nitrogens with zero attached hydrogens (tertiary/aromatic N) is 4. The molecule has 2 aliphatic heterocycles. The Kier molecular flexibility index (Phi) is 3.39. The van der Waals surface area contributed by atoms with Gasteiger partial charge in [0.2, 0.25) is 0 Å². The van der Waals surface area contributed by atoms with Crippen molar-refractivity contribution in [1.29, 1.82) is 5.26 Å². The smallest absolute Gasteiger partial charge is 0.128 e. The molecule has 0 aromatic carbocycles. The molecule has 3 rings (SSSR count). The quantitative estimate of drug-likeness (QED) is 0.769. The number of anilines is 1. The first kappa shape index (κ1) is 12.4. The first-order valence-electron chi connectivity index (χ1n) is 7.09. The van der Waals surface area contributed by atoms with E-state index in [0.29, 0.717) is 5.56 Å². The lowest BCUT2D eigenvalue weighted by Crippen LogP contribution is -2.52. The van der Waals surface area contributed by atoms with Crippen molar-refractivity contribution in [3.8, 4) is 6.07 Å². The second-order valence-corrected chi connectivity index (χ2v) is 5.70. The highest BCUT2D eigenvalue weighted by atomic mass is 15.2. The van der Waals surface area contributed by atoms with Crippen LogP contribution in [0.15, 0.2) is 18.3 Å². The SMILES string of the molecule is CN1CCCC2CN(c3ccc(C#N)cn3)CCC21. The van der Waals surface area contributed by atoms with Gasteiger partial charge in [0.05, 0.1) is 5.56 Å². The van der Waals surface area contributed by atoms with Crippen molar-refractivity contribution in [3.63, 3.8) is 0 Å². The highest BCUT2D eigenvalue weighted by molar-refractivity contribution is 5.42. The van der Waals surface area contributed by atoms with Gasteiger partial charge in [0.15, 0.2) is 0 Å². The number of rotatable bonds is 1. The van der Waals surface area contributed by atoms with E-state index in [2.05, 4.69) is 27.9 Å². The largest absolute Gasteiger partial charge is 0.356 e. The second kappa shape index (κ2) is 5.18. The minimum absolute atomic E-state index is 0.635. The Morgan fingerprint density at radius 2 is 2.21 bits per heavy atom. The molecule has 4 heteroatoms. The molecule has 2 atom stereocenters. The number of pyridine rings is 1. The first-order valence-corrected chi connectivity index (χ1v) is 7.09. The molecule has 3 heterocycles. The van der Waals surface area contributed by atoms with Crippen LogP contribution >= 0.6 is 0 Å². The van der Waals surface area contributed by atoms with Gasteiger partial charge in [-0.2, -0.15) is 5.26 Å². The maximum atomic E-state index is 8.81. The van der Waals surface area contributed by atoms with Crippen molar-refractivity contribution in [3.05, 3.63) is 23.9 Å².